The first kappa shape index (κ1) is 13.8. The Labute approximate surface area is 123 Å². The van der Waals surface area contributed by atoms with Gasteiger partial charge in [-0.25, -0.2) is 0 Å². The minimum absolute atomic E-state index is 0.0926. The number of nitrogens with one attached hydrogen (secondary N) is 1. The molecule has 0 aliphatic heterocycles. The summed E-state index contributed by atoms with van der Waals surface area (Å²) in [5.74, 6) is 0.0926. The van der Waals surface area contributed by atoms with Gasteiger partial charge in [0.2, 0.25) is 0 Å². The maximum atomic E-state index is 12.3. The standard InChI is InChI=1S/C15H20INO/c1-11-7-6-10-13(14(11)16)15(18)17-12-8-4-2-3-5-9-12/h6-7,10,12H,2-5,8-9H2,1H3,(H,17,18). The molecule has 0 heterocycles. The molecule has 3 heteroatoms. The molecule has 0 atom stereocenters. The topological polar surface area (TPSA) is 29.1 Å². The summed E-state index contributed by atoms with van der Waals surface area (Å²) in [6, 6.07) is 6.29. The van der Waals surface area contributed by atoms with Gasteiger partial charge in [0.1, 0.15) is 0 Å². The van der Waals surface area contributed by atoms with Crippen LogP contribution in [-0.4, -0.2) is 11.9 Å². The second kappa shape index (κ2) is 6.55. The molecular formula is C15H20INO. The van der Waals surface area contributed by atoms with Crippen LogP contribution >= 0.6 is 22.6 Å². The first-order valence-electron chi connectivity index (χ1n) is 6.74. The van der Waals surface area contributed by atoms with Crippen LogP contribution < -0.4 is 5.32 Å². The van der Waals surface area contributed by atoms with E-state index in [0.29, 0.717) is 6.04 Å². The number of rotatable bonds is 2. The van der Waals surface area contributed by atoms with E-state index in [1.165, 1.54) is 31.2 Å². The van der Waals surface area contributed by atoms with Crippen LogP contribution in [0.15, 0.2) is 18.2 Å². The van der Waals surface area contributed by atoms with Gasteiger partial charge in [0.05, 0.1) is 5.56 Å². The molecule has 1 aromatic rings. The van der Waals surface area contributed by atoms with E-state index in [4.69, 9.17) is 0 Å². The van der Waals surface area contributed by atoms with Gasteiger partial charge < -0.3 is 5.32 Å². The molecule has 1 saturated carbocycles. The van der Waals surface area contributed by atoms with E-state index < -0.39 is 0 Å². The Bertz CT molecular complexity index is 423. The van der Waals surface area contributed by atoms with Crippen molar-refractivity contribution in [3.63, 3.8) is 0 Å². The minimum Gasteiger partial charge on any atom is -0.349 e. The Morgan fingerprint density at radius 1 is 1.22 bits per heavy atom. The van der Waals surface area contributed by atoms with Crippen molar-refractivity contribution in [1.82, 2.24) is 5.32 Å². The Kier molecular flexibility index (Phi) is 5.03. The highest BCUT2D eigenvalue weighted by Crippen LogP contribution is 2.20. The summed E-state index contributed by atoms with van der Waals surface area (Å²) in [6.45, 7) is 2.05. The molecule has 0 aromatic heterocycles. The number of aryl methyl sites for hydroxylation is 1. The number of hydrogen-bond donors (Lipinski definition) is 1. The van der Waals surface area contributed by atoms with Crippen LogP contribution in [0.3, 0.4) is 0 Å². The number of amides is 1. The Morgan fingerprint density at radius 3 is 2.56 bits per heavy atom. The molecule has 0 radical (unpaired) electrons. The SMILES string of the molecule is Cc1cccc(C(=O)NC2CCCCCC2)c1I. The van der Waals surface area contributed by atoms with Crippen LogP contribution in [0.1, 0.15) is 54.4 Å². The molecule has 18 heavy (non-hydrogen) atoms. The van der Waals surface area contributed by atoms with Gasteiger partial charge in [-0.15, -0.1) is 0 Å². The molecule has 0 spiro atoms. The van der Waals surface area contributed by atoms with Crippen LogP contribution in [-0.2, 0) is 0 Å². The van der Waals surface area contributed by atoms with Crippen molar-refractivity contribution in [3.05, 3.63) is 32.9 Å². The summed E-state index contributed by atoms with van der Waals surface area (Å²) in [5.41, 5.74) is 1.99. The quantitative estimate of drug-likeness (QED) is 0.628. The lowest BCUT2D eigenvalue weighted by Gasteiger charge is -2.17. The summed E-state index contributed by atoms with van der Waals surface area (Å²) in [7, 11) is 0. The van der Waals surface area contributed by atoms with E-state index in [9.17, 15) is 4.79 Å². The zero-order valence-corrected chi connectivity index (χ0v) is 13.0. The fourth-order valence-electron chi connectivity index (χ4n) is 2.51. The third kappa shape index (κ3) is 3.46. The third-order valence-corrected chi connectivity index (χ3v) is 5.06. The molecule has 0 saturated heterocycles. The van der Waals surface area contributed by atoms with E-state index in [1.54, 1.807) is 0 Å². The Hall–Kier alpha value is -0.580. The normalized spacial score (nSPS) is 17.2. The van der Waals surface area contributed by atoms with Gasteiger partial charge >= 0.3 is 0 Å². The smallest absolute Gasteiger partial charge is 0.252 e. The Balaban J connectivity index is 2.04. The zero-order valence-electron chi connectivity index (χ0n) is 10.8. The third-order valence-electron chi connectivity index (χ3n) is 3.63. The first-order valence-corrected chi connectivity index (χ1v) is 7.82. The molecule has 1 amide bonds. The molecule has 0 bridgehead atoms. The molecular weight excluding hydrogens is 337 g/mol. The fraction of sp³-hybridized carbons (Fsp3) is 0.533. The number of carbonyl (C=O) groups excluding carboxylic acids is 1. The van der Waals surface area contributed by atoms with E-state index in [0.717, 1.165) is 22.0 Å². The van der Waals surface area contributed by atoms with Gasteiger partial charge in [-0.1, -0.05) is 37.8 Å². The van der Waals surface area contributed by atoms with Crippen molar-refractivity contribution in [1.29, 1.82) is 0 Å². The van der Waals surface area contributed by atoms with E-state index in [2.05, 4.69) is 27.9 Å². The van der Waals surface area contributed by atoms with E-state index in [-0.39, 0.29) is 5.91 Å². The van der Waals surface area contributed by atoms with Crippen LogP contribution in [0, 0.1) is 10.5 Å². The van der Waals surface area contributed by atoms with Crippen molar-refractivity contribution >= 4 is 28.5 Å². The number of hydrogen-bond acceptors (Lipinski definition) is 1. The molecule has 1 aliphatic rings. The minimum atomic E-state index is 0.0926. The first-order chi connectivity index (χ1) is 8.68. The lowest BCUT2D eigenvalue weighted by atomic mass is 10.1. The average Bonchev–Trinajstić information content (AvgIpc) is 2.61. The monoisotopic (exact) mass is 357 g/mol. The Morgan fingerprint density at radius 2 is 1.89 bits per heavy atom. The van der Waals surface area contributed by atoms with Crippen LogP contribution in [0.4, 0.5) is 0 Å². The second-order valence-corrected chi connectivity index (χ2v) is 6.18. The van der Waals surface area contributed by atoms with Gasteiger partial charge in [-0.3, -0.25) is 4.79 Å². The lowest BCUT2D eigenvalue weighted by molar-refractivity contribution is 0.0932. The van der Waals surface area contributed by atoms with Crippen LogP contribution in [0.5, 0.6) is 0 Å². The molecule has 1 N–H and O–H groups in total. The second-order valence-electron chi connectivity index (χ2n) is 5.10. The van der Waals surface area contributed by atoms with Crippen molar-refractivity contribution in [2.45, 2.75) is 51.5 Å². The van der Waals surface area contributed by atoms with Crippen molar-refractivity contribution in [3.8, 4) is 0 Å². The van der Waals surface area contributed by atoms with Crippen molar-refractivity contribution in [2.75, 3.05) is 0 Å². The predicted molar refractivity (Wildman–Crippen MR) is 82.9 cm³/mol. The molecule has 2 nitrogen and oxygen atoms in total. The molecule has 0 unspecified atom stereocenters. The predicted octanol–water partition coefficient (Wildman–Crippen LogP) is 4.05. The molecule has 1 aliphatic carbocycles. The summed E-state index contributed by atoms with van der Waals surface area (Å²) < 4.78 is 1.07. The van der Waals surface area contributed by atoms with E-state index >= 15 is 0 Å². The molecule has 1 aromatic carbocycles. The summed E-state index contributed by atoms with van der Waals surface area (Å²) in [6.07, 6.45) is 7.39. The number of benzene rings is 1. The molecule has 2 rings (SSSR count). The largest absolute Gasteiger partial charge is 0.349 e. The van der Waals surface area contributed by atoms with Gasteiger partial charge in [-0.05, 0) is 54.0 Å². The average molecular weight is 357 g/mol. The highest BCUT2D eigenvalue weighted by atomic mass is 127. The highest BCUT2D eigenvalue weighted by Gasteiger charge is 2.17. The highest BCUT2D eigenvalue weighted by molar-refractivity contribution is 14.1. The maximum Gasteiger partial charge on any atom is 0.252 e. The zero-order chi connectivity index (χ0) is 13.0. The number of halogens is 1. The summed E-state index contributed by atoms with van der Waals surface area (Å²) in [4.78, 5) is 12.3. The van der Waals surface area contributed by atoms with Gasteiger partial charge in [-0.2, -0.15) is 0 Å². The van der Waals surface area contributed by atoms with Gasteiger partial charge in [0.15, 0.2) is 0 Å². The number of carbonyl (C=O) groups is 1. The molecule has 1 fully saturated rings. The molecule has 98 valence electrons. The van der Waals surface area contributed by atoms with Gasteiger partial charge in [0, 0.05) is 9.61 Å². The van der Waals surface area contributed by atoms with Crippen molar-refractivity contribution < 1.29 is 4.79 Å². The van der Waals surface area contributed by atoms with Crippen LogP contribution in [0.2, 0.25) is 0 Å². The summed E-state index contributed by atoms with van der Waals surface area (Å²) in [5, 5.41) is 3.20. The lowest BCUT2D eigenvalue weighted by Crippen LogP contribution is -2.34. The fourth-order valence-corrected chi connectivity index (χ4v) is 3.11. The maximum absolute atomic E-state index is 12.3. The van der Waals surface area contributed by atoms with Crippen molar-refractivity contribution in [2.24, 2.45) is 0 Å². The summed E-state index contributed by atoms with van der Waals surface area (Å²) >= 11 is 2.26. The van der Waals surface area contributed by atoms with Gasteiger partial charge in [0.25, 0.3) is 5.91 Å². The van der Waals surface area contributed by atoms with E-state index in [1.807, 2.05) is 25.1 Å². The van der Waals surface area contributed by atoms with Crippen LogP contribution in [0.25, 0.3) is 0 Å².